The number of benzene rings is 1. The van der Waals surface area contributed by atoms with Gasteiger partial charge in [-0.2, -0.15) is 0 Å². The number of anilines is 1. The van der Waals surface area contributed by atoms with Crippen LogP contribution in [0.25, 0.3) is 0 Å². The molecule has 130 valence electrons. The number of rotatable bonds is 4. The van der Waals surface area contributed by atoms with Crippen LogP contribution in [0.5, 0.6) is 0 Å². The summed E-state index contributed by atoms with van der Waals surface area (Å²) in [4.78, 5) is 25.8. The summed E-state index contributed by atoms with van der Waals surface area (Å²) in [5.74, 6) is -0.766. The summed E-state index contributed by atoms with van der Waals surface area (Å²) >= 11 is 0. The van der Waals surface area contributed by atoms with E-state index in [9.17, 15) is 9.59 Å². The minimum absolute atomic E-state index is 0.0707. The number of hydrogen-bond acceptors (Lipinski definition) is 5. The zero-order chi connectivity index (χ0) is 17.7. The Morgan fingerprint density at radius 3 is 1.88 bits per heavy atom. The highest BCUT2D eigenvalue weighted by Gasteiger charge is 2.28. The minimum atomic E-state index is -0.606. The maximum absolute atomic E-state index is 11.9. The molecule has 24 heavy (non-hydrogen) atoms. The number of hydrogen-bond donors (Lipinski definition) is 0. The molecule has 0 unspecified atom stereocenters. The van der Waals surface area contributed by atoms with E-state index < -0.39 is 11.9 Å². The van der Waals surface area contributed by atoms with E-state index in [1.54, 1.807) is 0 Å². The third-order valence-electron chi connectivity index (χ3n) is 4.60. The van der Waals surface area contributed by atoms with Crippen LogP contribution in [-0.4, -0.2) is 40.3 Å². The second-order valence-electron chi connectivity index (χ2n) is 6.22. The van der Waals surface area contributed by atoms with Crippen LogP contribution in [0.1, 0.15) is 37.2 Å². The Labute approximate surface area is 143 Å². The molecule has 0 saturated heterocycles. The molecule has 0 atom stereocenters. The minimum Gasteiger partial charge on any atom is -0.465 e. The Balaban J connectivity index is 2.12. The summed E-state index contributed by atoms with van der Waals surface area (Å²) in [5.41, 5.74) is 3.39. The summed E-state index contributed by atoms with van der Waals surface area (Å²) < 4.78 is 9.47. The van der Waals surface area contributed by atoms with Crippen molar-refractivity contribution in [2.75, 3.05) is 33.2 Å². The average molecular weight is 331 g/mol. The predicted octanol–water partition coefficient (Wildman–Crippen LogP) is 3.05. The van der Waals surface area contributed by atoms with Gasteiger partial charge in [0.2, 0.25) is 0 Å². The highest BCUT2D eigenvalue weighted by Crippen LogP contribution is 2.37. The molecule has 1 aliphatic carbocycles. The predicted molar refractivity (Wildman–Crippen MR) is 93.0 cm³/mol. The maximum Gasteiger partial charge on any atom is 0.345 e. The molecule has 5 nitrogen and oxygen atoms in total. The molecule has 1 aromatic rings. The largest absolute Gasteiger partial charge is 0.465 e. The van der Waals surface area contributed by atoms with Crippen molar-refractivity contribution in [2.24, 2.45) is 0 Å². The lowest BCUT2D eigenvalue weighted by atomic mass is 9.80. The first kappa shape index (κ1) is 18.0. The van der Waals surface area contributed by atoms with Crippen molar-refractivity contribution in [2.45, 2.75) is 31.6 Å². The second-order valence-corrected chi connectivity index (χ2v) is 6.22. The number of ether oxygens (including phenoxy) is 2. The van der Waals surface area contributed by atoms with Gasteiger partial charge in [0, 0.05) is 19.8 Å². The summed E-state index contributed by atoms with van der Waals surface area (Å²) in [6.45, 7) is 0. The molecule has 0 N–H and O–H groups in total. The van der Waals surface area contributed by atoms with Gasteiger partial charge in [-0.05, 0) is 54.9 Å². The van der Waals surface area contributed by atoms with Crippen molar-refractivity contribution in [1.29, 1.82) is 0 Å². The van der Waals surface area contributed by atoms with E-state index in [1.807, 2.05) is 14.1 Å². The molecule has 1 aromatic carbocycles. The van der Waals surface area contributed by atoms with E-state index in [2.05, 4.69) is 29.2 Å². The van der Waals surface area contributed by atoms with Gasteiger partial charge in [0.05, 0.1) is 14.2 Å². The van der Waals surface area contributed by atoms with E-state index >= 15 is 0 Å². The van der Waals surface area contributed by atoms with E-state index in [1.165, 1.54) is 25.5 Å². The number of carbonyl (C=O) groups excluding carboxylic acids is 2. The molecule has 0 bridgehead atoms. The Morgan fingerprint density at radius 2 is 1.46 bits per heavy atom. The summed E-state index contributed by atoms with van der Waals surface area (Å²) in [6.07, 6.45) is 3.24. The Hall–Kier alpha value is -2.30. The first-order valence-corrected chi connectivity index (χ1v) is 8.13. The van der Waals surface area contributed by atoms with E-state index in [-0.39, 0.29) is 5.57 Å². The normalized spacial score (nSPS) is 17.2. The van der Waals surface area contributed by atoms with Gasteiger partial charge in [-0.25, -0.2) is 9.59 Å². The van der Waals surface area contributed by atoms with Gasteiger partial charge < -0.3 is 14.4 Å². The van der Waals surface area contributed by atoms with Crippen molar-refractivity contribution in [3.8, 4) is 0 Å². The number of nitrogens with zero attached hydrogens (tertiary/aromatic N) is 1. The SMILES string of the molecule is COC(=O)C(C(=O)OC)=C1CCC(c2ccc(N(C)C)cc2)CC1. The lowest BCUT2D eigenvalue weighted by Crippen LogP contribution is -2.20. The number of esters is 2. The van der Waals surface area contributed by atoms with Crippen LogP contribution in [0.2, 0.25) is 0 Å². The fourth-order valence-corrected chi connectivity index (χ4v) is 3.17. The fourth-order valence-electron chi connectivity index (χ4n) is 3.17. The van der Waals surface area contributed by atoms with Crippen LogP contribution in [0, 0.1) is 0 Å². The van der Waals surface area contributed by atoms with Gasteiger partial charge in [-0.3, -0.25) is 0 Å². The molecule has 0 aliphatic heterocycles. The van der Waals surface area contributed by atoms with Gasteiger partial charge >= 0.3 is 11.9 Å². The van der Waals surface area contributed by atoms with Crippen LogP contribution < -0.4 is 4.90 Å². The van der Waals surface area contributed by atoms with Crippen molar-refractivity contribution in [1.82, 2.24) is 0 Å². The third-order valence-corrected chi connectivity index (χ3v) is 4.60. The molecule has 0 heterocycles. The van der Waals surface area contributed by atoms with Crippen molar-refractivity contribution < 1.29 is 19.1 Å². The number of allylic oxidation sites excluding steroid dienone is 1. The first-order valence-electron chi connectivity index (χ1n) is 8.13. The number of carbonyl (C=O) groups is 2. The molecule has 2 rings (SSSR count). The average Bonchev–Trinajstić information content (AvgIpc) is 2.62. The van der Waals surface area contributed by atoms with Gasteiger partial charge in [0.25, 0.3) is 0 Å². The number of methoxy groups -OCH3 is 2. The molecular weight excluding hydrogens is 306 g/mol. The van der Waals surface area contributed by atoms with Gasteiger partial charge in [-0.1, -0.05) is 12.1 Å². The molecule has 0 spiro atoms. The molecule has 1 fully saturated rings. The molecule has 5 heteroatoms. The van der Waals surface area contributed by atoms with Crippen LogP contribution in [0.15, 0.2) is 35.4 Å². The Morgan fingerprint density at radius 1 is 0.958 bits per heavy atom. The lowest BCUT2D eigenvalue weighted by molar-refractivity contribution is -0.144. The zero-order valence-corrected chi connectivity index (χ0v) is 14.8. The van der Waals surface area contributed by atoms with E-state index in [0.717, 1.165) is 18.4 Å². The maximum atomic E-state index is 11.9. The molecule has 0 radical (unpaired) electrons. The molecule has 0 aromatic heterocycles. The Bertz CT molecular complexity index is 603. The van der Waals surface area contributed by atoms with Crippen LogP contribution in [-0.2, 0) is 19.1 Å². The Kier molecular flexibility index (Phi) is 6.01. The van der Waals surface area contributed by atoms with Crippen LogP contribution >= 0.6 is 0 Å². The van der Waals surface area contributed by atoms with Crippen molar-refractivity contribution in [3.05, 3.63) is 41.0 Å². The van der Waals surface area contributed by atoms with Crippen molar-refractivity contribution in [3.63, 3.8) is 0 Å². The van der Waals surface area contributed by atoms with Crippen LogP contribution in [0.4, 0.5) is 5.69 Å². The first-order chi connectivity index (χ1) is 11.5. The van der Waals surface area contributed by atoms with Crippen LogP contribution in [0.3, 0.4) is 0 Å². The molecular formula is C19H25NO4. The zero-order valence-electron chi connectivity index (χ0n) is 14.8. The molecule has 1 saturated carbocycles. The van der Waals surface area contributed by atoms with Gasteiger partial charge in [0.15, 0.2) is 0 Å². The smallest absolute Gasteiger partial charge is 0.345 e. The highest BCUT2D eigenvalue weighted by atomic mass is 16.5. The van der Waals surface area contributed by atoms with E-state index in [4.69, 9.17) is 9.47 Å². The second kappa shape index (κ2) is 7.99. The quantitative estimate of drug-likeness (QED) is 0.367. The third kappa shape index (κ3) is 3.96. The standard InChI is InChI=1S/C19H25NO4/c1-20(2)16-11-9-14(10-12-16)13-5-7-15(8-6-13)17(18(21)23-3)19(22)24-4/h9-13H,5-8H2,1-4H3. The van der Waals surface area contributed by atoms with Gasteiger partial charge in [0.1, 0.15) is 5.57 Å². The van der Waals surface area contributed by atoms with Gasteiger partial charge in [-0.15, -0.1) is 0 Å². The highest BCUT2D eigenvalue weighted by molar-refractivity contribution is 6.14. The summed E-state index contributed by atoms with van der Waals surface area (Å²) in [7, 11) is 6.61. The molecule has 1 aliphatic rings. The monoisotopic (exact) mass is 331 g/mol. The summed E-state index contributed by atoms with van der Waals surface area (Å²) in [5, 5.41) is 0. The lowest BCUT2D eigenvalue weighted by Gasteiger charge is -2.26. The summed E-state index contributed by atoms with van der Waals surface area (Å²) in [6, 6.07) is 8.57. The van der Waals surface area contributed by atoms with Crippen molar-refractivity contribution >= 4 is 17.6 Å². The van der Waals surface area contributed by atoms with E-state index in [0.29, 0.717) is 18.8 Å². The topological polar surface area (TPSA) is 55.8 Å². The fraction of sp³-hybridized carbons (Fsp3) is 0.474. The molecule has 0 amide bonds.